The maximum atomic E-state index is 0. The maximum absolute atomic E-state index is 0. The zero-order chi connectivity index (χ0) is 0. The molecular weight excluding hydrogens is 360 g/mol. The van der Waals surface area contributed by atoms with Crippen molar-refractivity contribution in [2.24, 2.45) is 0 Å². The van der Waals surface area contributed by atoms with Crippen LogP contribution in [0, 0.1) is 0 Å². The van der Waals surface area contributed by atoms with Crippen LogP contribution in [-0.2, 0) is 20.1 Å². The Morgan fingerprint density at radius 3 is 1.00 bits per heavy atom. The molecule has 5 heteroatoms. The average molecular weight is 373 g/mol. The third kappa shape index (κ3) is 26.3. The predicted octanol–water partition coefficient (Wildman–Crippen LogP) is -3.66. The molecule has 3 N–H and O–H groups in total. The first-order chi connectivity index (χ1) is 0. The molecule has 0 aliphatic heterocycles. The maximum Gasteiger partial charge on any atom is 0 e. The summed E-state index contributed by atoms with van der Waals surface area (Å²) in [7, 11) is 0. The summed E-state index contributed by atoms with van der Waals surface area (Å²) in [6.45, 7) is 0. The zero-order valence-electron chi connectivity index (χ0n) is 1.04. The summed E-state index contributed by atoms with van der Waals surface area (Å²) >= 11 is 0. The molecule has 0 fully saturated rings. The van der Waals surface area contributed by atoms with Crippen LogP contribution in [0.3, 0.4) is 0 Å². The van der Waals surface area contributed by atoms with Crippen molar-refractivity contribution in [2.45, 2.75) is 0 Å². The summed E-state index contributed by atoms with van der Waals surface area (Å²) < 4.78 is 0. The topological polar surface area (TPSA) is 35.0 Å². The van der Waals surface area contributed by atoms with Gasteiger partial charge in [-0.3, -0.25) is 0 Å². The fourth-order valence-electron chi connectivity index (χ4n) is 0. The number of hydrogen-bond acceptors (Lipinski definition) is 1. The molecule has 1 nitrogen and oxygen atoms in total. The molecule has 0 atom stereocenters. The van der Waals surface area contributed by atoms with Crippen molar-refractivity contribution in [1.29, 1.82) is 0 Å². The molecule has 5 heavy (non-hydrogen) atoms. The van der Waals surface area contributed by atoms with E-state index in [1.165, 1.54) is 0 Å². The van der Waals surface area contributed by atoms with Gasteiger partial charge in [0.05, 0.1) is 8.41 Å². The minimum absolute atomic E-state index is 0. The molecule has 0 aliphatic carbocycles. The molecule has 0 aromatic carbocycles. The van der Waals surface area contributed by atoms with Gasteiger partial charge in [0, 0.05) is 20.1 Å². The minimum atomic E-state index is 0. The van der Waals surface area contributed by atoms with Crippen LogP contribution in [0.1, 0.15) is 0 Å². The molecule has 0 bridgehead atoms. The van der Waals surface area contributed by atoms with Gasteiger partial charge in [-0.05, 0) is 11.0 Å². The Hall–Kier alpha value is 1.76. The Morgan fingerprint density at radius 1 is 1.00 bits per heavy atom. The van der Waals surface area contributed by atoms with Crippen molar-refractivity contribution >= 4 is 45.2 Å². The van der Waals surface area contributed by atoms with Gasteiger partial charge >= 0.3 is 25.8 Å². The molecule has 0 aromatic rings. The number of hydrogen-bond donors (Lipinski definition) is 1. The molecule has 0 amide bonds. The molecule has 0 heterocycles. The molecular formula is H13BInIrNSi. The van der Waals surface area contributed by atoms with Crippen molar-refractivity contribution in [3.8, 4) is 0 Å². The van der Waals surface area contributed by atoms with Gasteiger partial charge in [-0.1, -0.05) is 0 Å². The van der Waals surface area contributed by atoms with Crippen LogP contribution in [0.4, 0.5) is 0 Å². The van der Waals surface area contributed by atoms with Crippen molar-refractivity contribution < 1.29 is 20.1 Å². The van der Waals surface area contributed by atoms with E-state index in [1.54, 1.807) is 0 Å². The SMILES string of the molecule is B.N.[InH3].[Ir].[SiH4]. The molecule has 1 radical (unpaired) electrons. The minimum Gasteiger partial charge on any atom is -0.0149 e. The van der Waals surface area contributed by atoms with Crippen LogP contribution in [0.5, 0.6) is 0 Å². The van der Waals surface area contributed by atoms with Gasteiger partial charge in [0.25, 0.3) is 0 Å². The van der Waals surface area contributed by atoms with Gasteiger partial charge in [0.15, 0.2) is 0 Å². The largest absolute Gasteiger partial charge is 0.0149 e. The Morgan fingerprint density at radius 2 is 1.00 bits per heavy atom. The van der Waals surface area contributed by atoms with E-state index in [1.807, 2.05) is 0 Å². The molecule has 0 rings (SSSR count). The molecule has 0 saturated carbocycles. The Labute approximate surface area is 71.0 Å². The van der Waals surface area contributed by atoms with Crippen LogP contribution >= 0.6 is 0 Å². The van der Waals surface area contributed by atoms with Gasteiger partial charge in [-0.15, -0.1) is 0 Å². The molecule has 0 unspecified atom stereocenters. The van der Waals surface area contributed by atoms with E-state index in [9.17, 15) is 0 Å². The van der Waals surface area contributed by atoms with E-state index in [2.05, 4.69) is 0 Å². The van der Waals surface area contributed by atoms with Crippen LogP contribution in [0.2, 0.25) is 0 Å². The second-order valence-electron chi connectivity index (χ2n) is 0. The van der Waals surface area contributed by atoms with E-state index in [-0.39, 0.29) is 71.5 Å². The summed E-state index contributed by atoms with van der Waals surface area (Å²) in [5.41, 5.74) is 0. The fourth-order valence-corrected chi connectivity index (χ4v) is 0. The summed E-state index contributed by atoms with van der Waals surface area (Å²) in [5.74, 6) is 0. The van der Waals surface area contributed by atoms with Gasteiger partial charge in [-0.25, -0.2) is 0 Å². The summed E-state index contributed by atoms with van der Waals surface area (Å²) in [6.07, 6.45) is 0. The van der Waals surface area contributed by atoms with E-state index >= 15 is 0 Å². The molecule has 0 spiro atoms. The first kappa shape index (κ1) is 72.3. The smallest absolute Gasteiger partial charge is 0 e. The molecule has 37 valence electrons. The van der Waals surface area contributed by atoms with Crippen molar-refractivity contribution in [1.82, 2.24) is 6.15 Å². The molecule has 0 saturated heterocycles. The van der Waals surface area contributed by atoms with E-state index < -0.39 is 0 Å². The Bertz CT molecular complexity index is 11.6. The average Bonchev–Trinajstić information content (AvgIpc) is 0. The van der Waals surface area contributed by atoms with E-state index in [0.29, 0.717) is 0 Å². The molecule has 0 aromatic heterocycles. The van der Waals surface area contributed by atoms with Crippen molar-refractivity contribution in [3.05, 3.63) is 0 Å². The van der Waals surface area contributed by atoms with Crippen molar-refractivity contribution in [2.75, 3.05) is 0 Å². The quantitative estimate of drug-likeness (QED) is 0.437. The van der Waals surface area contributed by atoms with Crippen LogP contribution < -0.4 is 6.15 Å². The van der Waals surface area contributed by atoms with Gasteiger partial charge < -0.3 is 6.15 Å². The van der Waals surface area contributed by atoms with Gasteiger partial charge in [-0.2, -0.15) is 0 Å². The predicted molar refractivity (Wildman–Crippen MR) is 36.2 cm³/mol. The first-order valence-electron chi connectivity index (χ1n) is 0. The van der Waals surface area contributed by atoms with Crippen LogP contribution in [-0.4, -0.2) is 45.2 Å². The second-order valence-corrected chi connectivity index (χ2v) is 0. The summed E-state index contributed by atoms with van der Waals surface area (Å²) in [6, 6.07) is 0. The van der Waals surface area contributed by atoms with E-state index in [4.69, 9.17) is 0 Å². The van der Waals surface area contributed by atoms with Gasteiger partial charge in [0.1, 0.15) is 0 Å². The standard InChI is InChI=1S/BH3.In.Ir.H3N.H4Si.3H/h1H3;;;1H3;1H4;;;. The normalized spacial score (nSPS) is 0. The third-order valence-corrected chi connectivity index (χ3v) is 0. The third-order valence-electron chi connectivity index (χ3n) is 0. The Kier molecular flexibility index (Phi) is 609. The van der Waals surface area contributed by atoms with Crippen molar-refractivity contribution in [3.63, 3.8) is 0 Å². The van der Waals surface area contributed by atoms with E-state index in [0.717, 1.165) is 0 Å². The molecule has 0 aliphatic rings. The monoisotopic (exact) mass is 374 g/mol. The van der Waals surface area contributed by atoms with Gasteiger partial charge in [0.2, 0.25) is 0 Å². The second kappa shape index (κ2) is 42.1. The summed E-state index contributed by atoms with van der Waals surface area (Å²) in [5, 5.41) is 0. The zero-order valence-corrected chi connectivity index (χ0v) is 3.44. The van der Waals surface area contributed by atoms with Crippen LogP contribution in [0.25, 0.3) is 0 Å². The Balaban J connectivity index is 0. The summed E-state index contributed by atoms with van der Waals surface area (Å²) in [4.78, 5) is 0. The van der Waals surface area contributed by atoms with Crippen LogP contribution in [0.15, 0.2) is 0 Å². The number of rotatable bonds is 0. The fraction of sp³-hybridized carbons (Fsp3) is 0. The first-order valence-corrected chi connectivity index (χ1v) is 0.